The number of carbonyl (C=O) groups excluding carboxylic acids is 1. The highest BCUT2D eigenvalue weighted by atomic mass is 16.6. The SMILES string of the molecule is COC(=O)CCC(=NOCc1ccc(OCCN(C)c2ncccn2)cc1)c1ccccc1. The molecule has 1 heterocycles. The predicted octanol–water partition coefficient (Wildman–Crippen LogP) is 3.87. The number of hydrogen-bond donors (Lipinski definition) is 0. The highest BCUT2D eigenvalue weighted by Crippen LogP contribution is 2.14. The van der Waals surface area contributed by atoms with E-state index in [0.717, 1.165) is 16.9 Å². The highest BCUT2D eigenvalue weighted by molar-refractivity contribution is 6.01. The molecule has 0 radical (unpaired) electrons. The maximum atomic E-state index is 11.5. The Balaban J connectivity index is 1.49. The molecular weight excluding hydrogens is 420 g/mol. The molecule has 0 aliphatic rings. The van der Waals surface area contributed by atoms with Crippen LogP contribution in [-0.4, -0.2) is 49.0 Å². The second-order valence-electron chi connectivity index (χ2n) is 7.22. The van der Waals surface area contributed by atoms with Crippen LogP contribution in [0.5, 0.6) is 5.75 Å². The van der Waals surface area contributed by atoms with Gasteiger partial charge in [-0.15, -0.1) is 0 Å². The molecule has 0 spiro atoms. The molecule has 0 saturated heterocycles. The number of methoxy groups -OCH3 is 1. The summed E-state index contributed by atoms with van der Waals surface area (Å²) in [5.74, 6) is 1.15. The topological polar surface area (TPSA) is 86.1 Å². The van der Waals surface area contributed by atoms with Gasteiger partial charge in [-0.2, -0.15) is 0 Å². The van der Waals surface area contributed by atoms with Gasteiger partial charge in [0, 0.05) is 25.9 Å². The number of nitrogens with zero attached hydrogens (tertiary/aromatic N) is 4. The van der Waals surface area contributed by atoms with Crippen molar-refractivity contribution in [2.45, 2.75) is 19.4 Å². The molecule has 3 rings (SSSR count). The number of aromatic nitrogens is 2. The quantitative estimate of drug-likeness (QED) is 0.236. The molecule has 0 saturated carbocycles. The Labute approximate surface area is 193 Å². The predicted molar refractivity (Wildman–Crippen MR) is 126 cm³/mol. The summed E-state index contributed by atoms with van der Waals surface area (Å²) in [6.07, 6.45) is 4.11. The first-order valence-corrected chi connectivity index (χ1v) is 10.7. The molecule has 8 nitrogen and oxygen atoms in total. The highest BCUT2D eigenvalue weighted by Gasteiger charge is 2.09. The lowest BCUT2D eigenvalue weighted by molar-refractivity contribution is -0.140. The fourth-order valence-electron chi connectivity index (χ4n) is 2.95. The lowest BCUT2D eigenvalue weighted by atomic mass is 10.1. The molecule has 8 heteroatoms. The first-order chi connectivity index (χ1) is 16.2. The van der Waals surface area contributed by atoms with E-state index in [0.29, 0.717) is 37.8 Å². The van der Waals surface area contributed by atoms with Crippen LogP contribution >= 0.6 is 0 Å². The van der Waals surface area contributed by atoms with E-state index in [2.05, 4.69) is 15.1 Å². The van der Waals surface area contributed by atoms with Crippen LogP contribution in [0.2, 0.25) is 0 Å². The van der Waals surface area contributed by atoms with E-state index in [1.165, 1.54) is 7.11 Å². The number of hydrogen-bond acceptors (Lipinski definition) is 8. The average molecular weight is 449 g/mol. The number of anilines is 1. The first-order valence-electron chi connectivity index (χ1n) is 10.7. The van der Waals surface area contributed by atoms with Crippen LogP contribution < -0.4 is 9.64 Å². The van der Waals surface area contributed by atoms with Gasteiger partial charge in [0.25, 0.3) is 0 Å². The van der Waals surface area contributed by atoms with Crippen molar-refractivity contribution in [2.24, 2.45) is 5.16 Å². The minimum Gasteiger partial charge on any atom is -0.492 e. The van der Waals surface area contributed by atoms with Crippen molar-refractivity contribution in [3.63, 3.8) is 0 Å². The van der Waals surface area contributed by atoms with Gasteiger partial charge in [-0.1, -0.05) is 47.6 Å². The molecule has 0 bridgehead atoms. The third-order valence-electron chi connectivity index (χ3n) is 4.82. The minimum atomic E-state index is -0.281. The summed E-state index contributed by atoms with van der Waals surface area (Å²) in [6.45, 7) is 1.48. The third kappa shape index (κ3) is 7.92. The van der Waals surface area contributed by atoms with Gasteiger partial charge >= 0.3 is 5.97 Å². The Hall–Kier alpha value is -3.94. The molecule has 0 aliphatic carbocycles. The Morgan fingerprint density at radius 1 is 0.970 bits per heavy atom. The molecule has 0 N–H and O–H groups in total. The van der Waals surface area contributed by atoms with E-state index in [-0.39, 0.29) is 12.4 Å². The summed E-state index contributed by atoms with van der Waals surface area (Å²) in [4.78, 5) is 27.5. The number of carbonyl (C=O) groups is 1. The molecule has 0 amide bonds. The summed E-state index contributed by atoms with van der Waals surface area (Å²) >= 11 is 0. The van der Waals surface area contributed by atoms with E-state index in [1.54, 1.807) is 18.5 Å². The number of rotatable bonds is 12. The molecule has 0 unspecified atom stereocenters. The van der Waals surface area contributed by atoms with Crippen LogP contribution in [0.15, 0.2) is 78.2 Å². The van der Waals surface area contributed by atoms with Crippen molar-refractivity contribution >= 4 is 17.6 Å². The van der Waals surface area contributed by atoms with E-state index in [9.17, 15) is 4.79 Å². The average Bonchev–Trinajstić information content (AvgIpc) is 2.87. The molecule has 3 aromatic rings. The zero-order chi connectivity index (χ0) is 23.3. The zero-order valence-electron chi connectivity index (χ0n) is 18.9. The minimum absolute atomic E-state index is 0.241. The molecule has 2 aromatic carbocycles. The molecule has 0 fully saturated rings. The Bertz CT molecular complexity index is 1010. The summed E-state index contributed by atoms with van der Waals surface area (Å²) in [7, 11) is 3.30. The Kier molecular flexibility index (Phi) is 9.20. The lowest BCUT2D eigenvalue weighted by Gasteiger charge is -2.16. The van der Waals surface area contributed by atoms with Gasteiger partial charge in [0.2, 0.25) is 5.95 Å². The fraction of sp³-hybridized carbons (Fsp3) is 0.280. The smallest absolute Gasteiger partial charge is 0.305 e. The van der Waals surface area contributed by atoms with Gasteiger partial charge in [-0.3, -0.25) is 4.79 Å². The van der Waals surface area contributed by atoms with Gasteiger partial charge in [-0.25, -0.2) is 9.97 Å². The Morgan fingerprint density at radius 2 is 1.70 bits per heavy atom. The number of likely N-dealkylation sites (N-methyl/N-ethyl adjacent to an activating group) is 1. The summed E-state index contributed by atoms with van der Waals surface area (Å²) in [6, 6.07) is 19.1. The van der Waals surface area contributed by atoms with E-state index < -0.39 is 0 Å². The zero-order valence-corrected chi connectivity index (χ0v) is 18.9. The standard InChI is InChI=1S/C25H28N4O4/c1-29(25-26-15-6-16-27-25)17-18-32-22-11-9-20(10-12-22)19-33-28-23(13-14-24(30)31-2)21-7-4-3-5-8-21/h3-12,15-16H,13-14,17-19H2,1-2H3. The van der Waals surface area contributed by atoms with Crippen LogP contribution in [0.3, 0.4) is 0 Å². The first kappa shape index (κ1) is 23.7. The van der Waals surface area contributed by atoms with Crippen molar-refractivity contribution in [2.75, 3.05) is 32.2 Å². The Morgan fingerprint density at radius 3 is 2.39 bits per heavy atom. The number of benzene rings is 2. The third-order valence-corrected chi connectivity index (χ3v) is 4.82. The molecular formula is C25H28N4O4. The second-order valence-corrected chi connectivity index (χ2v) is 7.22. The van der Waals surface area contributed by atoms with Gasteiger partial charge in [0.1, 0.15) is 19.0 Å². The second kappa shape index (κ2) is 12.8. The van der Waals surface area contributed by atoms with Gasteiger partial charge in [-0.05, 0) is 29.3 Å². The maximum absolute atomic E-state index is 11.5. The lowest BCUT2D eigenvalue weighted by Crippen LogP contribution is -2.25. The number of ether oxygens (including phenoxy) is 2. The van der Waals surface area contributed by atoms with Crippen molar-refractivity contribution < 1.29 is 19.1 Å². The van der Waals surface area contributed by atoms with Crippen LogP contribution in [0.4, 0.5) is 5.95 Å². The van der Waals surface area contributed by atoms with Crippen molar-refractivity contribution in [1.82, 2.24) is 9.97 Å². The molecule has 172 valence electrons. The van der Waals surface area contributed by atoms with E-state index >= 15 is 0 Å². The van der Waals surface area contributed by atoms with Crippen molar-refractivity contribution in [1.29, 1.82) is 0 Å². The summed E-state index contributed by atoms with van der Waals surface area (Å²) in [5, 5.41) is 4.28. The summed E-state index contributed by atoms with van der Waals surface area (Å²) in [5.41, 5.74) is 2.57. The normalized spacial score (nSPS) is 11.0. The molecule has 1 aromatic heterocycles. The largest absolute Gasteiger partial charge is 0.492 e. The van der Waals surface area contributed by atoms with Crippen LogP contribution in [0.1, 0.15) is 24.0 Å². The van der Waals surface area contributed by atoms with Crippen LogP contribution in [0.25, 0.3) is 0 Å². The van der Waals surface area contributed by atoms with E-state index in [1.807, 2.05) is 66.5 Å². The number of esters is 1. The van der Waals surface area contributed by atoms with Gasteiger partial charge in [0.15, 0.2) is 0 Å². The number of oxime groups is 1. The van der Waals surface area contributed by atoms with Gasteiger partial charge in [0.05, 0.1) is 25.8 Å². The van der Waals surface area contributed by atoms with E-state index in [4.69, 9.17) is 14.3 Å². The fourth-order valence-corrected chi connectivity index (χ4v) is 2.95. The van der Waals surface area contributed by atoms with Crippen molar-refractivity contribution in [3.05, 3.63) is 84.2 Å². The van der Waals surface area contributed by atoms with Crippen LogP contribution in [0, 0.1) is 0 Å². The monoisotopic (exact) mass is 448 g/mol. The molecule has 0 aliphatic heterocycles. The van der Waals surface area contributed by atoms with Crippen molar-refractivity contribution in [3.8, 4) is 5.75 Å². The molecule has 0 atom stereocenters. The molecule has 33 heavy (non-hydrogen) atoms. The maximum Gasteiger partial charge on any atom is 0.305 e. The van der Waals surface area contributed by atoms with Crippen LogP contribution in [-0.2, 0) is 21.0 Å². The van der Waals surface area contributed by atoms with Gasteiger partial charge < -0.3 is 19.2 Å². The summed E-state index contributed by atoms with van der Waals surface area (Å²) < 4.78 is 10.5.